The molecule has 0 saturated carbocycles. The molecule has 0 heterocycles. The van der Waals surface area contributed by atoms with E-state index in [0.29, 0.717) is 6.54 Å². The number of halogens is 4. The van der Waals surface area contributed by atoms with E-state index in [1.807, 2.05) is 0 Å². The van der Waals surface area contributed by atoms with Crippen LogP contribution in [-0.4, -0.2) is 36.5 Å². The first kappa shape index (κ1) is 17.2. The number of rotatable bonds is 10. The highest BCUT2D eigenvalue weighted by Crippen LogP contribution is 2.16. The Labute approximate surface area is 111 Å². The van der Waals surface area contributed by atoms with Crippen LogP contribution in [0.4, 0.5) is 13.2 Å². The molecule has 5 heteroatoms. The third-order valence-electron chi connectivity index (χ3n) is 2.62. The quantitative estimate of drug-likeness (QED) is 0.420. The molecule has 1 nitrogen and oxygen atoms in total. The predicted molar refractivity (Wildman–Crippen MR) is 69.7 cm³/mol. The normalized spacial score (nSPS) is 12.4. The largest absolute Gasteiger partial charge is 0.401 e. The first-order valence-electron chi connectivity index (χ1n) is 6.27. The second-order valence-corrected chi connectivity index (χ2v) is 5.31. The van der Waals surface area contributed by atoms with Crippen molar-refractivity contribution >= 4 is 15.9 Å². The van der Waals surface area contributed by atoms with Gasteiger partial charge in [0.05, 0.1) is 6.54 Å². The zero-order valence-electron chi connectivity index (χ0n) is 10.5. The van der Waals surface area contributed by atoms with Gasteiger partial charge in [-0.2, -0.15) is 13.2 Å². The van der Waals surface area contributed by atoms with Gasteiger partial charge in [0.25, 0.3) is 0 Å². The lowest BCUT2D eigenvalue weighted by Crippen LogP contribution is -2.31. The molecule has 0 atom stereocenters. The summed E-state index contributed by atoms with van der Waals surface area (Å²) in [4.78, 5) is 1.35. The van der Waals surface area contributed by atoms with E-state index in [4.69, 9.17) is 0 Å². The Morgan fingerprint density at radius 3 is 1.82 bits per heavy atom. The molecule has 0 amide bonds. The Kier molecular flexibility index (Phi) is 10.3. The maximum absolute atomic E-state index is 12.0. The Morgan fingerprint density at radius 1 is 0.882 bits per heavy atom. The topological polar surface area (TPSA) is 3.24 Å². The van der Waals surface area contributed by atoms with Crippen LogP contribution < -0.4 is 0 Å². The Balaban J connectivity index is 3.22. The zero-order valence-corrected chi connectivity index (χ0v) is 12.1. The van der Waals surface area contributed by atoms with Crippen molar-refractivity contribution in [3.8, 4) is 0 Å². The highest BCUT2D eigenvalue weighted by molar-refractivity contribution is 9.09. The van der Waals surface area contributed by atoms with Crippen molar-refractivity contribution in [1.29, 1.82) is 0 Å². The monoisotopic (exact) mass is 317 g/mol. The summed E-state index contributed by atoms with van der Waals surface area (Å²) in [6, 6.07) is 0. The summed E-state index contributed by atoms with van der Waals surface area (Å²) in [6.07, 6.45) is 3.89. The van der Waals surface area contributed by atoms with E-state index in [2.05, 4.69) is 15.9 Å². The zero-order chi connectivity index (χ0) is 13.1. The van der Waals surface area contributed by atoms with E-state index < -0.39 is 12.7 Å². The summed E-state index contributed by atoms with van der Waals surface area (Å²) in [5, 5.41) is 1.06. The molecule has 0 unspecified atom stereocenters. The maximum Gasteiger partial charge on any atom is 0.401 e. The minimum atomic E-state index is -4.07. The molecule has 0 saturated heterocycles. The van der Waals surface area contributed by atoms with Gasteiger partial charge in [-0.1, -0.05) is 48.0 Å². The second kappa shape index (κ2) is 10.2. The average molecular weight is 318 g/mol. The molecule has 0 spiro atoms. The summed E-state index contributed by atoms with van der Waals surface area (Å²) in [5.74, 6) is 0. The van der Waals surface area contributed by atoms with Crippen LogP contribution in [0.1, 0.15) is 44.9 Å². The van der Waals surface area contributed by atoms with Crippen LogP contribution in [-0.2, 0) is 0 Å². The standard InChI is InChI=1S/C12H23BrF3N/c1-17(11-12(14,15)16)10-8-6-4-2-3-5-7-9-13/h2-11H2,1H3. The fourth-order valence-corrected chi connectivity index (χ4v) is 2.14. The van der Waals surface area contributed by atoms with Crippen LogP contribution in [0, 0.1) is 0 Å². The van der Waals surface area contributed by atoms with Gasteiger partial charge in [0.1, 0.15) is 0 Å². The minimum absolute atomic E-state index is 0.543. The molecule has 0 aromatic carbocycles. The van der Waals surface area contributed by atoms with Gasteiger partial charge in [-0.05, 0) is 26.4 Å². The molecule has 17 heavy (non-hydrogen) atoms. The number of nitrogens with zero attached hydrogens (tertiary/aromatic N) is 1. The van der Waals surface area contributed by atoms with Gasteiger partial charge in [-0.3, -0.25) is 4.90 Å². The SMILES string of the molecule is CN(CCCCCCCCCBr)CC(F)(F)F. The maximum atomic E-state index is 12.0. The third-order valence-corrected chi connectivity index (χ3v) is 3.18. The molecule has 0 radical (unpaired) electrons. The summed E-state index contributed by atoms with van der Waals surface area (Å²) in [6.45, 7) is -0.251. The molecule has 0 bridgehead atoms. The molecule has 0 aromatic rings. The number of unbranched alkanes of at least 4 members (excludes halogenated alkanes) is 6. The lowest BCUT2D eigenvalue weighted by molar-refractivity contribution is -0.143. The molecular weight excluding hydrogens is 295 g/mol. The van der Waals surface area contributed by atoms with Gasteiger partial charge in [0.2, 0.25) is 0 Å². The molecule has 0 fully saturated rings. The summed E-state index contributed by atoms with van der Waals surface area (Å²) in [5.41, 5.74) is 0. The van der Waals surface area contributed by atoms with Crippen molar-refractivity contribution in [2.24, 2.45) is 0 Å². The van der Waals surface area contributed by atoms with Crippen LogP contribution >= 0.6 is 15.9 Å². The summed E-state index contributed by atoms with van der Waals surface area (Å²) < 4.78 is 36.0. The van der Waals surface area contributed by atoms with Crippen molar-refractivity contribution < 1.29 is 13.2 Å². The average Bonchev–Trinajstić information content (AvgIpc) is 2.19. The fourth-order valence-electron chi connectivity index (χ4n) is 1.75. The smallest absolute Gasteiger partial charge is 0.298 e. The van der Waals surface area contributed by atoms with Crippen molar-refractivity contribution in [3.05, 3.63) is 0 Å². The first-order valence-corrected chi connectivity index (χ1v) is 7.39. The van der Waals surface area contributed by atoms with E-state index in [1.165, 1.54) is 37.6 Å². The Morgan fingerprint density at radius 2 is 1.35 bits per heavy atom. The molecule has 0 rings (SSSR count). The van der Waals surface area contributed by atoms with Crippen LogP contribution in [0.3, 0.4) is 0 Å². The molecule has 104 valence electrons. The third kappa shape index (κ3) is 14.2. The van der Waals surface area contributed by atoms with Crippen LogP contribution in [0.25, 0.3) is 0 Å². The van der Waals surface area contributed by atoms with Gasteiger partial charge in [-0.15, -0.1) is 0 Å². The summed E-state index contributed by atoms with van der Waals surface area (Å²) in [7, 11) is 1.53. The van der Waals surface area contributed by atoms with E-state index in [-0.39, 0.29) is 0 Å². The Hall–Kier alpha value is 0.230. The number of hydrogen-bond acceptors (Lipinski definition) is 1. The molecule has 0 N–H and O–H groups in total. The van der Waals surface area contributed by atoms with E-state index in [0.717, 1.165) is 24.6 Å². The summed E-state index contributed by atoms with van der Waals surface area (Å²) >= 11 is 3.39. The van der Waals surface area contributed by atoms with Crippen molar-refractivity contribution in [1.82, 2.24) is 4.90 Å². The van der Waals surface area contributed by atoms with Gasteiger partial charge >= 0.3 is 6.18 Å². The molecule has 0 aliphatic heterocycles. The second-order valence-electron chi connectivity index (χ2n) is 4.52. The molecule has 0 aliphatic carbocycles. The van der Waals surface area contributed by atoms with Crippen LogP contribution in [0.2, 0.25) is 0 Å². The van der Waals surface area contributed by atoms with Crippen molar-refractivity contribution in [2.75, 3.05) is 25.5 Å². The fraction of sp³-hybridized carbons (Fsp3) is 1.00. The first-order chi connectivity index (χ1) is 7.95. The minimum Gasteiger partial charge on any atom is -0.298 e. The van der Waals surface area contributed by atoms with E-state index in [9.17, 15) is 13.2 Å². The van der Waals surface area contributed by atoms with Gasteiger partial charge in [0, 0.05) is 5.33 Å². The van der Waals surface area contributed by atoms with Crippen LogP contribution in [0.5, 0.6) is 0 Å². The van der Waals surface area contributed by atoms with E-state index in [1.54, 1.807) is 0 Å². The van der Waals surface area contributed by atoms with Crippen molar-refractivity contribution in [3.63, 3.8) is 0 Å². The van der Waals surface area contributed by atoms with Crippen LogP contribution in [0.15, 0.2) is 0 Å². The number of alkyl halides is 4. The highest BCUT2D eigenvalue weighted by atomic mass is 79.9. The molecule has 0 aromatic heterocycles. The lowest BCUT2D eigenvalue weighted by atomic mass is 10.1. The predicted octanol–water partition coefficient (Wildman–Crippen LogP) is 4.61. The van der Waals surface area contributed by atoms with Gasteiger partial charge in [0.15, 0.2) is 0 Å². The van der Waals surface area contributed by atoms with E-state index >= 15 is 0 Å². The van der Waals surface area contributed by atoms with Gasteiger partial charge in [-0.25, -0.2) is 0 Å². The number of hydrogen-bond donors (Lipinski definition) is 0. The molecular formula is C12H23BrF3N. The van der Waals surface area contributed by atoms with Crippen molar-refractivity contribution in [2.45, 2.75) is 51.1 Å². The Bertz CT molecular complexity index is 174. The lowest BCUT2D eigenvalue weighted by Gasteiger charge is -2.18. The van der Waals surface area contributed by atoms with Gasteiger partial charge < -0.3 is 0 Å². The highest BCUT2D eigenvalue weighted by Gasteiger charge is 2.28. The molecule has 0 aliphatic rings.